The topological polar surface area (TPSA) is 70.2 Å². The van der Waals surface area contributed by atoms with Gasteiger partial charge >= 0.3 is 0 Å². The largest absolute Gasteiger partial charge is 0.355 e. The van der Waals surface area contributed by atoms with Gasteiger partial charge in [-0.3, -0.25) is 0 Å². The van der Waals surface area contributed by atoms with Crippen LogP contribution in [0, 0.1) is 0 Å². The maximum Gasteiger partial charge on any atom is 0.0709 e. The summed E-state index contributed by atoms with van der Waals surface area (Å²) >= 11 is 0. The van der Waals surface area contributed by atoms with E-state index >= 15 is 0 Å². The van der Waals surface area contributed by atoms with Crippen LogP contribution in [0.3, 0.4) is 0 Å². The van der Waals surface area contributed by atoms with E-state index in [1.807, 2.05) is 78.9 Å². The number of aromatic nitrogens is 5. The summed E-state index contributed by atoms with van der Waals surface area (Å²) in [7, 11) is 0. The highest BCUT2D eigenvalue weighted by Gasteiger charge is 2.02. The van der Waals surface area contributed by atoms with E-state index < -0.39 is 0 Å². The molecule has 0 spiro atoms. The first-order valence-corrected chi connectivity index (χ1v) is 12.5. The van der Waals surface area contributed by atoms with Crippen LogP contribution < -0.4 is 0 Å². The molecule has 2 aromatic carbocycles. The lowest BCUT2D eigenvalue weighted by Gasteiger charge is -1.99. The Hall–Kier alpha value is -5.29. The number of hydrogen-bond donors (Lipinski definition) is 2. The molecule has 0 atom stereocenters. The zero-order chi connectivity index (χ0) is 25.3. The third-order valence-corrected chi connectivity index (χ3v) is 6.47. The van der Waals surface area contributed by atoms with Gasteiger partial charge in [0, 0.05) is 32.8 Å². The molecule has 38 heavy (non-hydrogen) atoms. The standard InChI is InChI=1S/C20H14N4.C13H9N/c1-2-14-10-16-5-6-18(23-16)12-20-8-7-19(24-20)11-17-4-3-15(22-17)9-13(1)21-14;1-3-7-12-10(5-1)9-11-6-2-4-8-13(11)14-12/h1-12,21-22H;1-9H. The van der Waals surface area contributed by atoms with E-state index in [1.54, 1.807) is 0 Å². The van der Waals surface area contributed by atoms with Crippen LogP contribution in [0.1, 0.15) is 22.8 Å². The van der Waals surface area contributed by atoms with E-state index in [9.17, 15) is 0 Å². The number of pyridine rings is 1. The van der Waals surface area contributed by atoms with Crippen molar-refractivity contribution in [3.05, 3.63) is 126 Å². The molecule has 0 saturated carbocycles. The van der Waals surface area contributed by atoms with Crippen LogP contribution in [-0.4, -0.2) is 24.9 Å². The quantitative estimate of drug-likeness (QED) is 0.212. The van der Waals surface area contributed by atoms with Gasteiger partial charge in [0.05, 0.1) is 33.8 Å². The number of H-pyrrole nitrogens is 2. The Morgan fingerprint density at radius 1 is 0.368 bits per heavy atom. The molecule has 180 valence electrons. The van der Waals surface area contributed by atoms with Crippen LogP contribution in [0.4, 0.5) is 0 Å². The molecule has 5 heteroatoms. The van der Waals surface area contributed by atoms with E-state index in [0.29, 0.717) is 0 Å². The SMILES string of the molecule is C1=Cc2cc3ccc(cc4ccc(cc5nc(cc1n2)C=C5)[nH]4)[nH]3.c1ccc2nc3ccccc3cc2c1. The van der Waals surface area contributed by atoms with Crippen LogP contribution in [-0.2, 0) is 0 Å². The van der Waals surface area contributed by atoms with Gasteiger partial charge in [-0.15, -0.1) is 0 Å². The van der Waals surface area contributed by atoms with Crippen molar-refractivity contribution in [3.63, 3.8) is 0 Å². The Labute approximate surface area is 218 Å². The molecule has 6 heterocycles. The lowest BCUT2D eigenvalue weighted by Crippen LogP contribution is -1.80. The third kappa shape index (κ3) is 4.61. The van der Waals surface area contributed by atoms with Gasteiger partial charge in [-0.1, -0.05) is 36.4 Å². The highest BCUT2D eigenvalue weighted by molar-refractivity contribution is 5.92. The maximum absolute atomic E-state index is 4.62. The molecule has 5 nitrogen and oxygen atoms in total. The van der Waals surface area contributed by atoms with Gasteiger partial charge in [-0.05, 0) is 91.0 Å². The molecule has 6 aromatic rings. The Morgan fingerprint density at radius 3 is 1.29 bits per heavy atom. The zero-order valence-corrected chi connectivity index (χ0v) is 20.5. The number of fused-ring (bicyclic) bond motifs is 10. The number of rotatable bonds is 0. The van der Waals surface area contributed by atoms with Crippen molar-refractivity contribution in [2.75, 3.05) is 0 Å². The Balaban J connectivity index is 0.000000147. The minimum Gasteiger partial charge on any atom is -0.355 e. The first-order valence-electron chi connectivity index (χ1n) is 12.5. The van der Waals surface area contributed by atoms with Gasteiger partial charge in [0.2, 0.25) is 0 Å². The summed E-state index contributed by atoms with van der Waals surface area (Å²) in [5.41, 5.74) is 9.98. The second-order valence-electron chi connectivity index (χ2n) is 9.28. The molecule has 2 aliphatic rings. The minimum atomic E-state index is 0.915. The number of nitrogens with zero attached hydrogens (tertiary/aromatic N) is 3. The predicted molar refractivity (Wildman–Crippen MR) is 158 cm³/mol. The molecule has 2 N–H and O–H groups in total. The highest BCUT2D eigenvalue weighted by atomic mass is 14.8. The van der Waals surface area contributed by atoms with E-state index in [0.717, 1.165) is 55.9 Å². The van der Waals surface area contributed by atoms with Gasteiger partial charge in [-0.2, -0.15) is 0 Å². The molecule has 0 saturated heterocycles. The molecular weight excluding hydrogens is 466 g/mol. The zero-order valence-electron chi connectivity index (χ0n) is 20.5. The molecule has 0 unspecified atom stereocenters. The van der Waals surface area contributed by atoms with Crippen LogP contribution in [0.2, 0.25) is 0 Å². The predicted octanol–water partition coefficient (Wildman–Crippen LogP) is 8.04. The molecule has 0 fully saturated rings. The van der Waals surface area contributed by atoms with Crippen molar-refractivity contribution in [2.45, 2.75) is 0 Å². The number of benzene rings is 2. The smallest absolute Gasteiger partial charge is 0.0709 e. The number of para-hydroxylation sites is 2. The van der Waals surface area contributed by atoms with Crippen molar-refractivity contribution >= 4 is 68.2 Å². The van der Waals surface area contributed by atoms with Crippen molar-refractivity contribution in [1.82, 2.24) is 24.9 Å². The molecule has 8 rings (SSSR count). The third-order valence-electron chi connectivity index (χ3n) is 6.47. The molecule has 2 aliphatic heterocycles. The average molecular weight is 490 g/mol. The summed E-state index contributed by atoms with van der Waals surface area (Å²) in [6.45, 7) is 0. The summed E-state index contributed by atoms with van der Waals surface area (Å²) in [5.74, 6) is 0. The van der Waals surface area contributed by atoms with Crippen molar-refractivity contribution < 1.29 is 0 Å². The first kappa shape index (κ1) is 21.9. The van der Waals surface area contributed by atoms with Crippen molar-refractivity contribution in [3.8, 4) is 0 Å². The number of nitrogens with one attached hydrogen (secondary N) is 2. The molecular formula is C33H23N5. The summed E-state index contributed by atoms with van der Waals surface area (Å²) < 4.78 is 0. The van der Waals surface area contributed by atoms with Gasteiger partial charge < -0.3 is 9.97 Å². The Kier molecular flexibility index (Phi) is 5.37. The van der Waals surface area contributed by atoms with E-state index in [2.05, 4.69) is 73.5 Å². The number of hydrogen-bond acceptors (Lipinski definition) is 3. The van der Waals surface area contributed by atoms with Crippen LogP contribution in [0.15, 0.2) is 103 Å². The second-order valence-corrected chi connectivity index (χ2v) is 9.28. The lowest BCUT2D eigenvalue weighted by molar-refractivity contribution is 1.28. The molecule has 8 bridgehead atoms. The normalized spacial score (nSPS) is 12.0. The molecule has 4 aromatic heterocycles. The van der Waals surface area contributed by atoms with Crippen LogP contribution in [0.5, 0.6) is 0 Å². The minimum absolute atomic E-state index is 0.915. The Bertz CT molecular complexity index is 1850. The van der Waals surface area contributed by atoms with Crippen LogP contribution >= 0.6 is 0 Å². The van der Waals surface area contributed by atoms with Gasteiger partial charge in [0.25, 0.3) is 0 Å². The van der Waals surface area contributed by atoms with E-state index in [-0.39, 0.29) is 0 Å². The monoisotopic (exact) mass is 489 g/mol. The fourth-order valence-electron chi connectivity index (χ4n) is 4.66. The summed E-state index contributed by atoms with van der Waals surface area (Å²) in [6.07, 6.45) is 8.05. The lowest BCUT2D eigenvalue weighted by atomic mass is 10.1. The summed E-state index contributed by atoms with van der Waals surface area (Å²) in [4.78, 5) is 20.6. The first-order chi connectivity index (χ1) is 18.7. The van der Waals surface area contributed by atoms with E-state index in [4.69, 9.17) is 0 Å². The fraction of sp³-hybridized carbons (Fsp3) is 0. The average Bonchev–Trinajstić information content (AvgIpc) is 3.74. The molecule has 0 radical (unpaired) electrons. The van der Waals surface area contributed by atoms with Gasteiger partial charge in [0.15, 0.2) is 0 Å². The Morgan fingerprint density at radius 2 is 0.789 bits per heavy atom. The summed E-state index contributed by atoms with van der Waals surface area (Å²) in [5, 5.41) is 2.40. The van der Waals surface area contributed by atoms with E-state index in [1.165, 1.54) is 10.8 Å². The fourth-order valence-corrected chi connectivity index (χ4v) is 4.66. The molecule has 0 aliphatic carbocycles. The number of aromatic amines is 2. The highest BCUT2D eigenvalue weighted by Crippen LogP contribution is 2.19. The second kappa shape index (κ2) is 9.30. The van der Waals surface area contributed by atoms with Crippen molar-refractivity contribution in [1.29, 1.82) is 0 Å². The maximum atomic E-state index is 4.62. The van der Waals surface area contributed by atoms with Crippen molar-refractivity contribution in [2.24, 2.45) is 0 Å². The summed E-state index contributed by atoms with van der Waals surface area (Å²) in [6, 6.07) is 35.0. The van der Waals surface area contributed by atoms with Gasteiger partial charge in [0.1, 0.15) is 0 Å². The van der Waals surface area contributed by atoms with Gasteiger partial charge in [-0.25, -0.2) is 15.0 Å². The van der Waals surface area contributed by atoms with Crippen LogP contribution in [0.25, 0.3) is 68.2 Å². The molecule has 0 amide bonds.